The molecule has 2 heterocycles. The van der Waals surface area contributed by atoms with Crippen molar-refractivity contribution in [2.75, 3.05) is 37.5 Å². The van der Waals surface area contributed by atoms with Crippen LogP contribution in [0.3, 0.4) is 0 Å². The van der Waals surface area contributed by atoms with Gasteiger partial charge in [-0.25, -0.2) is 4.79 Å². The molecule has 2 aliphatic rings. The molecule has 7 nitrogen and oxygen atoms in total. The highest BCUT2D eigenvalue weighted by Crippen LogP contribution is 2.36. The van der Waals surface area contributed by atoms with Crippen molar-refractivity contribution in [1.29, 1.82) is 0 Å². The number of hydrogen-bond donors (Lipinski definition) is 2. The average molecular weight is 394 g/mol. The number of hydrogen-bond acceptors (Lipinski definition) is 4. The van der Waals surface area contributed by atoms with E-state index in [4.69, 9.17) is 4.74 Å². The molecule has 0 aromatic heterocycles. The van der Waals surface area contributed by atoms with Gasteiger partial charge in [0.2, 0.25) is 0 Å². The molecule has 7 heteroatoms. The lowest BCUT2D eigenvalue weighted by Gasteiger charge is -2.51. The normalized spacial score (nSPS) is 17.6. The van der Waals surface area contributed by atoms with Gasteiger partial charge in [0.15, 0.2) is 0 Å². The third-order valence-electron chi connectivity index (χ3n) is 5.97. The fourth-order valence-electron chi connectivity index (χ4n) is 4.13. The number of nitrogens with one attached hydrogen (secondary N) is 2. The molecule has 0 unspecified atom stereocenters. The summed E-state index contributed by atoms with van der Waals surface area (Å²) in [6, 6.07) is 13.1. The number of rotatable bonds is 2. The molecule has 1 spiro atoms. The van der Waals surface area contributed by atoms with E-state index in [2.05, 4.69) is 15.5 Å². The molecule has 3 amide bonds. The zero-order valence-corrected chi connectivity index (χ0v) is 17.0. The van der Waals surface area contributed by atoms with Crippen molar-refractivity contribution < 1.29 is 14.3 Å². The fourth-order valence-corrected chi connectivity index (χ4v) is 4.13. The van der Waals surface area contributed by atoms with Gasteiger partial charge >= 0.3 is 6.03 Å². The van der Waals surface area contributed by atoms with Crippen LogP contribution in [0, 0.1) is 6.92 Å². The lowest BCUT2D eigenvalue weighted by atomic mass is 9.90. The third kappa shape index (κ3) is 3.48. The quantitative estimate of drug-likeness (QED) is 0.820. The number of aryl methyl sites for hydroxylation is 1. The van der Waals surface area contributed by atoms with Gasteiger partial charge < -0.3 is 25.2 Å². The van der Waals surface area contributed by atoms with Gasteiger partial charge in [0.1, 0.15) is 11.4 Å². The molecule has 152 valence electrons. The van der Waals surface area contributed by atoms with Gasteiger partial charge in [-0.05, 0) is 43.3 Å². The van der Waals surface area contributed by atoms with E-state index in [9.17, 15) is 9.59 Å². The minimum absolute atomic E-state index is 0.0436. The van der Waals surface area contributed by atoms with Gasteiger partial charge in [-0.15, -0.1) is 0 Å². The molecule has 2 N–H and O–H groups in total. The molecule has 0 aliphatic carbocycles. The van der Waals surface area contributed by atoms with Gasteiger partial charge in [0.05, 0.1) is 18.4 Å². The van der Waals surface area contributed by atoms with Gasteiger partial charge in [0, 0.05) is 38.7 Å². The lowest BCUT2D eigenvalue weighted by molar-refractivity contribution is 0.0815. The van der Waals surface area contributed by atoms with E-state index in [0.717, 1.165) is 22.7 Å². The van der Waals surface area contributed by atoms with Crippen molar-refractivity contribution in [3.8, 4) is 5.75 Å². The molecule has 0 saturated carbocycles. The standard InChI is InChI=1S/C22H26N4O3/c1-15-4-9-19-18(14-15)20(27)24-22(25(19)2)10-12-26(13-11-22)21(28)23-16-5-7-17(29-3)8-6-16/h4-9,14H,10-13H2,1-3H3,(H,23,28)(H,24,27). The molecule has 1 fully saturated rings. The largest absolute Gasteiger partial charge is 0.497 e. The van der Waals surface area contributed by atoms with E-state index in [1.54, 1.807) is 12.0 Å². The van der Waals surface area contributed by atoms with E-state index >= 15 is 0 Å². The van der Waals surface area contributed by atoms with Gasteiger partial charge in [-0.1, -0.05) is 11.6 Å². The second kappa shape index (κ2) is 7.31. The van der Waals surface area contributed by atoms with Crippen molar-refractivity contribution in [3.63, 3.8) is 0 Å². The Morgan fingerprint density at radius 3 is 2.48 bits per heavy atom. The molecule has 2 aromatic rings. The van der Waals surface area contributed by atoms with Crippen LogP contribution in [0.25, 0.3) is 0 Å². The second-order valence-corrected chi connectivity index (χ2v) is 7.71. The number of anilines is 2. The van der Waals surface area contributed by atoms with Crippen LogP contribution >= 0.6 is 0 Å². The van der Waals surface area contributed by atoms with E-state index < -0.39 is 5.66 Å². The first-order chi connectivity index (χ1) is 13.9. The maximum Gasteiger partial charge on any atom is 0.321 e. The molecule has 29 heavy (non-hydrogen) atoms. The summed E-state index contributed by atoms with van der Waals surface area (Å²) < 4.78 is 5.14. The minimum Gasteiger partial charge on any atom is -0.497 e. The number of carbonyl (C=O) groups is 2. The summed E-state index contributed by atoms with van der Waals surface area (Å²) in [6.45, 7) is 3.11. The minimum atomic E-state index is -0.462. The van der Waals surface area contributed by atoms with E-state index in [1.807, 2.05) is 56.4 Å². The zero-order chi connectivity index (χ0) is 20.6. The Labute approximate surface area is 170 Å². The maximum absolute atomic E-state index is 12.7. The van der Waals surface area contributed by atoms with Crippen LogP contribution in [0.15, 0.2) is 42.5 Å². The van der Waals surface area contributed by atoms with E-state index in [1.165, 1.54) is 0 Å². The second-order valence-electron chi connectivity index (χ2n) is 7.71. The Kier molecular flexibility index (Phi) is 4.82. The molecule has 0 radical (unpaired) electrons. The highest BCUT2D eigenvalue weighted by atomic mass is 16.5. The van der Waals surface area contributed by atoms with Crippen molar-refractivity contribution in [3.05, 3.63) is 53.6 Å². The topological polar surface area (TPSA) is 73.9 Å². The number of nitrogens with zero attached hydrogens (tertiary/aromatic N) is 2. The Hall–Kier alpha value is -3.22. The molecular formula is C22H26N4O3. The number of likely N-dealkylation sites (tertiary alicyclic amines) is 1. The number of methoxy groups -OCH3 is 1. The predicted molar refractivity (Wildman–Crippen MR) is 113 cm³/mol. The van der Waals surface area contributed by atoms with Crippen LogP contribution in [0.2, 0.25) is 0 Å². The fraction of sp³-hybridized carbons (Fsp3) is 0.364. The average Bonchev–Trinajstić information content (AvgIpc) is 2.73. The first-order valence-corrected chi connectivity index (χ1v) is 9.79. The highest BCUT2D eigenvalue weighted by molar-refractivity contribution is 6.02. The number of ether oxygens (including phenoxy) is 1. The van der Waals surface area contributed by atoms with Crippen LogP contribution in [-0.2, 0) is 0 Å². The predicted octanol–water partition coefficient (Wildman–Crippen LogP) is 3.21. The number of amides is 3. The smallest absolute Gasteiger partial charge is 0.321 e. The highest BCUT2D eigenvalue weighted by Gasteiger charge is 2.44. The Balaban J connectivity index is 1.43. The summed E-state index contributed by atoms with van der Waals surface area (Å²) in [6.07, 6.45) is 1.33. The molecular weight excluding hydrogens is 368 g/mol. The zero-order valence-electron chi connectivity index (χ0n) is 17.0. The lowest BCUT2D eigenvalue weighted by Crippen LogP contribution is -2.67. The van der Waals surface area contributed by atoms with Crippen molar-refractivity contribution in [2.24, 2.45) is 0 Å². The van der Waals surface area contributed by atoms with Crippen molar-refractivity contribution in [2.45, 2.75) is 25.4 Å². The Morgan fingerprint density at radius 2 is 1.83 bits per heavy atom. The number of carbonyl (C=O) groups excluding carboxylic acids is 2. The molecule has 1 saturated heterocycles. The van der Waals surface area contributed by atoms with Gasteiger partial charge in [0.25, 0.3) is 5.91 Å². The number of fused-ring (bicyclic) bond motifs is 1. The summed E-state index contributed by atoms with van der Waals surface area (Å²) in [7, 11) is 3.62. The maximum atomic E-state index is 12.7. The Morgan fingerprint density at radius 1 is 1.14 bits per heavy atom. The first-order valence-electron chi connectivity index (χ1n) is 9.79. The van der Waals surface area contributed by atoms with Crippen molar-refractivity contribution in [1.82, 2.24) is 10.2 Å². The molecule has 2 aliphatic heterocycles. The van der Waals surface area contributed by atoms with Gasteiger partial charge in [-0.2, -0.15) is 0 Å². The van der Waals surface area contributed by atoms with Crippen LogP contribution in [0.4, 0.5) is 16.2 Å². The van der Waals surface area contributed by atoms with E-state index in [0.29, 0.717) is 31.5 Å². The molecule has 2 aromatic carbocycles. The Bertz CT molecular complexity index is 934. The van der Waals surface area contributed by atoms with Crippen LogP contribution in [0.5, 0.6) is 5.75 Å². The molecule has 0 bridgehead atoms. The molecule has 4 rings (SSSR count). The number of benzene rings is 2. The summed E-state index contributed by atoms with van der Waals surface area (Å²) in [5.74, 6) is 0.701. The summed E-state index contributed by atoms with van der Waals surface area (Å²) in [5, 5.41) is 6.13. The monoisotopic (exact) mass is 394 g/mol. The van der Waals surface area contributed by atoms with Crippen molar-refractivity contribution >= 4 is 23.3 Å². The first kappa shape index (κ1) is 19.1. The summed E-state index contributed by atoms with van der Waals surface area (Å²) in [4.78, 5) is 29.3. The van der Waals surface area contributed by atoms with Crippen LogP contribution in [0.1, 0.15) is 28.8 Å². The van der Waals surface area contributed by atoms with Gasteiger partial charge in [-0.3, -0.25) is 4.79 Å². The number of urea groups is 1. The van der Waals surface area contributed by atoms with E-state index in [-0.39, 0.29) is 11.9 Å². The van der Waals surface area contributed by atoms with Crippen LogP contribution < -0.4 is 20.3 Å². The molecule has 0 atom stereocenters. The number of piperidine rings is 1. The SMILES string of the molecule is COc1ccc(NC(=O)N2CCC3(CC2)NC(=O)c2cc(C)ccc2N3C)cc1. The summed E-state index contributed by atoms with van der Waals surface area (Å²) >= 11 is 0. The van der Waals surface area contributed by atoms with Crippen LogP contribution in [-0.4, -0.2) is 49.7 Å². The third-order valence-corrected chi connectivity index (χ3v) is 5.97. The summed E-state index contributed by atoms with van der Waals surface area (Å²) in [5.41, 5.74) is 2.97.